The largest absolute Gasteiger partial charge is 0.480 e. The molecule has 4 nitrogen and oxygen atoms in total. The molecule has 1 atom stereocenters. The van der Waals surface area contributed by atoms with Gasteiger partial charge in [0.1, 0.15) is 5.75 Å². The Morgan fingerprint density at radius 2 is 2.05 bits per heavy atom. The fraction of sp³-hybridized carbons (Fsp3) is 0.462. The van der Waals surface area contributed by atoms with E-state index in [0.29, 0.717) is 12.0 Å². The predicted octanol–water partition coefficient (Wildman–Crippen LogP) is 1.85. The van der Waals surface area contributed by atoms with Crippen LogP contribution < -0.4 is 16.2 Å². The quantitative estimate of drug-likeness (QED) is 0.839. The third-order valence-electron chi connectivity index (χ3n) is 2.74. The van der Waals surface area contributed by atoms with Crippen molar-refractivity contribution >= 4 is 5.91 Å². The van der Waals surface area contributed by atoms with Crippen LogP contribution in [0.1, 0.15) is 24.5 Å². The summed E-state index contributed by atoms with van der Waals surface area (Å²) in [5, 5.41) is 0. The molecule has 7 heteroatoms. The van der Waals surface area contributed by atoms with E-state index in [1.807, 2.05) is 0 Å². The van der Waals surface area contributed by atoms with Crippen molar-refractivity contribution in [2.45, 2.75) is 32.0 Å². The van der Waals surface area contributed by atoms with Crippen LogP contribution in [0.5, 0.6) is 5.75 Å². The topological polar surface area (TPSA) is 78.3 Å². The lowest BCUT2D eigenvalue weighted by molar-refractivity contribution is -0.140. The summed E-state index contributed by atoms with van der Waals surface area (Å²) < 4.78 is 44.1. The standard InChI is InChI=1S/C13H17F3N2O2/c1-2-10(12(18)19)20-11-4-3-8(5-6-17)7-9(11)13(14,15)16/h3-4,7,10H,2,5-6,17H2,1H3,(H2,18,19). The maximum Gasteiger partial charge on any atom is 0.419 e. The number of rotatable bonds is 6. The van der Waals surface area contributed by atoms with Crippen LogP contribution in [0, 0.1) is 0 Å². The Kier molecular flexibility index (Phi) is 5.38. The monoisotopic (exact) mass is 290 g/mol. The molecule has 0 aromatic heterocycles. The average molecular weight is 290 g/mol. The van der Waals surface area contributed by atoms with Gasteiger partial charge in [0.2, 0.25) is 0 Å². The summed E-state index contributed by atoms with van der Waals surface area (Å²) in [7, 11) is 0. The zero-order valence-corrected chi connectivity index (χ0v) is 11.0. The van der Waals surface area contributed by atoms with Crippen molar-refractivity contribution in [1.29, 1.82) is 0 Å². The van der Waals surface area contributed by atoms with Crippen molar-refractivity contribution in [1.82, 2.24) is 0 Å². The lowest BCUT2D eigenvalue weighted by atomic mass is 10.1. The summed E-state index contributed by atoms with van der Waals surface area (Å²) in [6.07, 6.45) is -5.14. The molecule has 0 fully saturated rings. The molecule has 0 saturated carbocycles. The number of nitrogens with two attached hydrogens (primary N) is 2. The van der Waals surface area contributed by atoms with E-state index in [1.54, 1.807) is 6.92 Å². The summed E-state index contributed by atoms with van der Waals surface area (Å²) >= 11 is 0. The Morgan fingerprint density at radius 1 is 1.40 bits per heavy atom. The zero-order valence-electron chi connectivity index (χ0n) is 11.0. The van der Waals surface area contributed by atoms with Gasteiger partial charge >= 0.3 is 6.18 Å². The number of amides is 1. The average Bonchev–Trinajstić information content (AvgIpc) is 2.35. The number of primary amides is 1. The predicted molar refractivity (Wildman–Crippen MR) is 68.1 cm³/mol. The van der Waals surface area contributed by atoms with Crippen molar-refractivity contribution in [3.63, 3.8) is 0 Å². The Hall–Kier alpha value is -1.76. The van der Waals surface area contributed by atoms with Gasteiger partial charge in [0, 0.05) is 0 Å². The summed E-state index contributed by atoms with van der Waals surface area (Å²) in [6.45, 7) is 1.85. The molecule has 0 aliphatic heterocycles. The molecule has 0 aliphatic rings. The molecule has 0 spiro atoms. The normalized spacial score (nSPS) is 13.1. The smallest absolute Gasteiger partial charge is 0.419 e. The number of carbonyl (C=O) groups is 1. The second kappa shape index (κ2) is 6.60. The first-order valence-electron chi connectivity index (χ1n) is 6.15. The maximum absolute atomic E-state index is 13.0. The highest BCUT2D eigenvalue weighted by Crippen LogP contribution is 2.37. The van der Waals surface area contributed by atoms with Gasteiger partial charge in [-0.05, 0) is 37.1 Å². The van der Waals surface area contributed by atoms with Crippen LogP contribution in [-0.4, -0.2) is 18.6 Å². The van der Waals surface area contributed by atoms with Gasteiger partial charge in [-0.1, -0.05) is 13.0 Å². The Labute approximate surface area is 114 Å². The highest BCUT2D eigenvalue weighted by atomic mass is 19.4. The van der Waals surface area contributed by atoms with Gasteiger partial charge in [-0.15, -0.1) is 0 Å². The molecule has 0 bridgehead atoms. The minimum atomic E-state index is -4.57. The minimum absolute atomic E-state index is 0.192. The van der Waals surface area contributed by atoms with Crippen LogP contribution in [0.15, 0.2) is 18.2 Å². The van der Waals surface area contributed by atoms with Crippen LogP contribution in [0.4, 0.5) is 13.2 Å². The molecule has 1 amide bonds. The summed E-state index contributed by atoms with van der Waals surface area (Å²) in [5.41, 5.74) is 9.93. The van der Waals surface area contributed by atoms with E-state index in [-0.39, 0.29) is 13.0 Å². The third kappa shape index (κ3) is 4.12. The van der Waals surface area contributed by atoms with Gasteiger partial charge in [-0.25, -0.2) is 0 Å². The zero-order chi connectivity index (χ0) is 15.3. The van der Waals surface area contributed by atoms with Crippen molar-refractivity contribution in [2.24, 2.45) is 11.5 Å². The molecule has 0 aliphatic carbocycles. The second-order valence-corrected chi connectivity index (χ2v) is 4.28. The molecule has 1 unspecified atom stereocenters. The molecule has 4 N–H and O–H groups in total. The third-order valence-corrected chi connectivity index (χ3v) is 2.74. The van der Waals surface area contributed by atoms with E-state index in [1.165, 1.54) is 12.1 Å². The lowest BCUT2D eigenvalue weighted by Crippen LogP contribution is -2.33. The summed E-state index contributed by atoms with van der Waals surface area (Å²) in [6, 6.07) is 3.67. The second-order valence-electron chi connectivity index (χ2n) is 4.28. The van der Waals surface area contributed by atoms with Crippen LogP contribution in [0.3, 0.4) is 0 Å². The molecule has 0 heterocycles. The highest BCUT2D eigenvalue weighted by molar-refractivity contribution is 5.79. The fourth-order valence-electron chi connectivity index (χ4n) is 1.72. The van der Waals surface area contributed by atoms with Gasteiger partial charge in [0.15, 0.2) is 6.10 Å². The molecular weight excluding hydrogens is 273 g/mol. The van der Waals surface area contributed by atoms with Crippen LogP contribution in [-0.2, 0) is 17.4 Å². The first-order chi connectivity index (χ1) is 9.29. The van der Waals surface area contributed by atoms with Gasteiger partial charge in [0.05, 0.1) is 5.56 Å². The number of alkyl halides is 3. The lowest BCUT2D eigenvalue weighted by Gasteiger charge is -2.19. The molecule has 1 aromatic carbocycles. The van der Waals surface area contributed by atoms with E-state index < -0.39 is 29.5 Å². The fourth-order valence-corrected chi connectivity index (χ4v) is 1.72. The summed E-state index contributed by atoms with van der Waals surface area (Å²) in [4.78, 5) is 11.1. The molecular formula is C13H17F3N2O2. The number of hydrogen-bond donors (Lipinski definition) is 2. The highest BCUT2D eigenvalue weighted by Gasteiger charge is 2.35. The number of halogens is 3. The van der Waals surface area contributed by atoms with Crippen LogP contribution in [0.2, 0.25) is 0 Å². The van der Waals surface area contributed by atoms with Crippen LogP contribution >= 0.6 is 0 Å². The Morgan fingerprint density at radius 3 is 2.50 bits per heavy atom. The van der Waals surface area contributed by atoms with Gasteiger partial charge in [-0.2, -0.15) is 13.2 Å². The molecule has 0 saturated heterocycles. The van der Waals surface area contributed by atoms with Crippen molar-refractivity contribution in [3.8, 4) is 5.75 Å². The number of hydrogen-bond acceptors (Lipinski definition) is 3. The first-order valence-corrected chi connectivity index (χ1v) is 6.15. The van der Waals surface area contributed by atoms with Crippen molar-refractivity contribution < 1.29 is 22.7 Å². The van der Waals surface area contributed by atoms with E-state index in [9.17, 15) is 18.0 Å². The molecule has 112 valence electrons. The first kappa shape index (κ1) is 16.3. The van der Waals surface area contributed by atoms with Gasteiger partial charge < -0.3 is 16.2 Å². The molecule has 1 rings (SSSR count). The summed E-state index contributed by atoms with van der Waals surface area (Å²) in [5.74, 6) is -1.20. The van der Waals surface area contributed by atoms with E-state index >= 15 is 0 Å². The van der Waals surface area contributed by atoms with Gasteiger partial charge in [0.25, 0.3) is 5.91 Å². The minimum Gasteiger partial charge on any atom is -0.480 e. The van der Waals surface area contributed by atoms with Crippen LogP contribution in [0.25, 0.3) is 0 Å². The van der Waals surface area contributed by atoms with E-state index in [0.717, 1.165) is 6.07 Å². The van der Waals surface area contributed by atoms with Crippen molar-refractivity contribution in [2.75, 3.05) is 6.54 Å². The SMILES string of the molecule is CCC(Oc1ccc(CCN)cc1C(F)(F)F)C(N)=O. The number of benzene rings is 1. The Balaban J connectivity index is 3.15. The molecule has 0 radical (unpaired) electrons. The maximum atomic E-state index is 13.0. The van der Waals surface area contributed by atoms with Crippen molar-refractivity contribution in [3.05, 3.63) is 29.3 Å². The molecule has 20 heavy (non-hydrogen) atoms. The number of ether oxygens (including phenoxy) is 1. The Bertz CT molecular complexity index is 475. The van der Waals surface area contributed by atoms with E-state index in [2.05, 4.69) is 0 Å². The molecule has 1 aromatic rings. The number of carbonyl (C=O) groups excluding carboxylic acids is 1. The van der Waals surface area contributed by atoms with E-state index in [4.69, 9.17) is 16.2 Å². The van der Waals surface area contributed by atoms with Gasteiger partial charge in [-0.3, -0.25) is 4.79 Å².